The van der Waals surface area contributed by atoms with Gasteiger partial charge in [-0.25, -0.2) is 4.98 Å². The van der Waals surface area contributed by atoms with E-state index in [1.54, 1.807) is 17.5 Å². The smallest absolute Gasteiger partial charge is 0.261 e. The Kier molecular flexibility index (Phi) is 2.88. The molecule has 0 unspecified atom stereocenters. The number of carbonyl (C=O) groups is 1. The lowest BCUT2D eigenvalue weighted by Gasteiger charge is -2.00. The average molecular weight is 292 g/mol. The van der Waals surface area contributed by atoms with Crippen LogP contribution in [0.4, 0.5) is 0 Å². The number of thiophene rings is 1. The summed E-state index contributed by atoms with van der Waals surface area (Å²) in [5, 5.41) is 2.42. The lowest BCUT2D eigenvalue weighted by Crippen LogP contribution is -2.09. The van der Waals surface area contributed by atoms with Gasteiger partial charge < -0.3 is 4.98 Å². The van der Waals surface area contributed by atoms with Gasteiger partial charge in [0.1, 0.15) is 16.8 Å². The highest BCUT2D eigenvalue weighted by Crippen LogP contribution is 2.26. The number of rotatable bonds is 2. The Morgan fingerprint density at radius 2 is 2.26 bits per heavy atom. The second-order valence-corrected chi connectivity index (χ2v) is 5.04. The van der Waals surface area contributed by atoms with E-state index in [0.717, 1.165) is 0 Å². The van der Waals surface area contributed by atoms with E-state index in [2.05, 4.69) is 15.0 Å². The largest absolute Gasteiger partial charge is 0.305 e. The molecule has 0 radical (unpaired) electrons. The van der Waals surface area contributed by atoms with Crippen molar-refractivity contribution < 1.29 is 4.79 Å². The van der Waals surface area contributed by atoms with Gasteiger partial charge in [-0.2, -0.15) is 0 Å². The number of nitrogens with one attached hydrogen (secondary N) is 1. The minimum absolute atomic E-state index is 0.315. The highest BCUT2D eigenvalue weighted by Gasteiger charge is 2.11. The summed E-state index contributed by atoms with van der Waals surface area (Å²) >= 11 is 7.20. The molecule has 0 aromatic carbocycles. The van der Waals surface area contributed by atoms with Crippen molar-refractivity contribution >= 4 is 39.4 Å². The van der Waals surface area contributed by atoms with Crippen LogP contribution in [0.15, 0.2) is 28.5 Å². The molecule has 0 aliphatic heterocycles. The van der Waals surface area contributed by atoms with Crippen molar-refractivity contribution in [1.82, 2.24) is 15.0 Å². The van der Waals surface area contributed by atoms with Crippen molar-refractivity contribution in [2.45, 2.75) is 0 Å². The zero-order valence-electron chi connectivity index (χ0n) is 9.38. The first-order valence-electron chi connectivity index (χ1n) is 5.27. The van der Waals surface area contributed by atoms with E-state index in [0.29, 0.717) is 38.6 Å². The second-order valence-electron chi connectivity index (χ2n) is 3.77. The molecule has 7 heteroatoms. The highest BCUT2D eigenvalue weighted by atomic mass is 35.5. The second kappa shape index (κ2) is 4.56. The van der Waals surface area contributed by atoms with Gasteiger partial charge in [-0.15, -0.1) is 11.3 Å². The highest BCUT2D eigenvalue weighted by molar-refractivity contribution is 7.17. The van der Waals surface area contributed by atoms with E-state index in [-0.39, 0.29) is 5.56 Å². The first-order chi connectivity index (χ1) is 9.19. The van der Waals surface area contributed by atoms with Gasteiger partial charge in [0.25, 0.3) is 5.56 Å². The molecule has 0 saturated heterocycles. The lowest BCUT2D eigenvalue weighted by molar-refractivity contribution is 0.112. The van der Waals surface area contributed by atoms with E-state index in [9.17, 15) is 9.59 Å². The number of H-pyrrole nitrogens is 1. The van der Waals surface area contributed by atoms with Gasteiger partial charge in [0.05, 0.1) is 10.4 Å². The fourth-order valence-electron chi connectivity index (χ4n) is 1.69. The molecule has 3 rings (SSSR count). The number of aldehydes is 1. The first kappa shape index (κ1) is 12.0. The van der Waals surface area contributed by atoms with Crippen LogP contribution in [0, 0.1) is 0 Å². The topological polar surface area (TPSA) is 75.7 Å². The SMILES string of the molecule is O=Cc1ccnc(-c2nc3scc(Cl)c3c(=O)[nH]2)c1. The van der Waals surface area contributed by atoms with Crippen LogP contribution in [-0.2, 0) is 0 Å². The third-order valence-corrected chi connectivity index (χ3v) is 3.86. The molecule has 1 N–H and O–H groups in total. The maximum absolute atomic E-state index is 11.9. The Labute approximate surface area is 115 Å². The third-order valence-electron chi connectivity index (χ3n) is 2.56. The molecule has 3 heterocycles. The van der Waals surface area contributed by atoms with Crippen LogP contribution in [0.2, 0.25) is 5.02 Å². The van der Waals surface area contributed by atoms with Crippen molar-refractivity contribution in [1.29, 1.82) is 0 Å². The summed E-state index contributed by atoms with van der Waals surface area (Å²) in [5.74, 6) is 0.319. The van der Waals surface area contributed by atoms with Crippen LogP contribution < -0.4 is 5.56 Å². The number of hydrogen-bond acceptors (Lipinski definition) is 5. The van der Waals surface area contributed by atoms with Crippen molar-refractivity contribution in [2.24, 2.45) is 0 Å². The molecule has 5 nitrogen and oxygen atoms in total. The van der Waals surface area contributed by atoms with Gasteiger partial charge in [-0.05, 0) is 12.1 Å². The van der Waals surface area contributed by atoms with Gasteiger partial charge in [0.15, 0.2) is 5.82 Å². The molecule has 0 aliphatic carbocycles. The number of hydrogen-bond donors (Lipinski definition) is 1. The standard InChI is InChI=1S/C12H6ClN3O2S/c13-7-5-19-12-9(7)11(18)15-10(16-12)8-3-6(4-17)1-2-14-8/h1-5H,(H,15,16,18). The monoisotopic (exact) mass is 291 g/mol. The zero-order chi connectivity index (χ0) is 13.4. The molecular weight excluding hydrogens is 286 g/mol. The molecule has 0 bridgehead atoms. The van der Waals surface area contributed by atoms with E-state index in [1.165, 1.54) is 17.5 Å². The van der Waals surface area contributed by atoms with Crippen LogP contribution in [0.1, 0.15) is 10.4 Å². The van der Waals surface area contributed by atoms with E-state index in [1.807, 2.05) is 0 Å². The number of fused-ring (bicyclic) bond motifs is 1. The molecule has 0 aliphatic rings. The first-order valence-corrected chi connectivity index (χ1v) is 6.53. The molecule has 0 fully saturated rings. The van der Waals surface area contributed by atoms with Gasteiger partial charge in [0, 0.05) is 17.1 Å². The van der Waals surface area contributed by atoms with Crippen molar-refractivity contribution in [3.05, 3.63) is 44.6 Å². The third kappa shape index (κ3) is 2.05. The number of aromatic nitrogens is 3. The molecule has 94 valence electrons. The summed E-state index contributed by atoms with van der Waals surface area (Å²) in [4.78, 5) is 34.2. The summed E-state index contributed by atoms with van der Waals surface area (Å²) in [6.45, 7) is 0. The van der Waals surface area contributed by atoms with Crippen LogP contribution in [0.3, 0.4) is 0 Å². The Morgan fingerprint density at radius 3 is 3.05 bits per heavy atom. The number of aromatic amines is 1. The lowest BCUT2D eigenvalue weighted by atomic mass is 10.2. The van der Waals surface area contributed by atoms with Crippen LogP contribution in [-0.4, -0.2) is 21.2 Å². The van der Waals surface area contributed by atoms with E-state index in [4.69, 9.17) is 11.6 Å². The predicted octanol–water partition coefficient (Wildman–Crippen LogP) is 2.51. The minimum Gasteiger partial charge on any atom is -0.305 e. The van der Waals surface area contributed by atoms with Crippen LogP contribution in [0.25, 0.3) is 21.7 Å². The van der Waals surface area contributed by atoms with Crippen LogP contribution in [0.5, 0.6) is 0 Å². The predicted molar refractivity (Wildman–Crippen MR) is 73.9 cm³/mol. The molecular formula is C12H6ClN3O2S. The minimum atomic E-state index is -0.315. The van der Waals surface area contributed by atoms with Gasteiger partial charge in [-0.1, -0.05) is 11.6 Å². The van der Waals surface area contributed by atoms with Crippen LogP contribution >= 0.6 is 22.9 Å². The van der Waals surface area contributed by atoms with Gasteiger partial charge in [-0.3, -0.25) is 14.6 Å². The number of halogens is 1. The zero-order valence-corrected chi connectivity index (χ0v) is 11.0. The Hall–Kier alpha value is -2.05. The fraction of sp³-hybridized carbons (Fsp3) is 0. The van der Waals surface area contributed by atoms with E-state index < -0.39 is 0 Å². The summed E-state index contributed by atoms with van der Waals surface area (Å²) in [6.07, 6.45) is 2.20. The maximum Gasteiger partial charge on any atom is 0.261 e. The maximum atomic E-state index is 11.9. The number of nitrogens with zero attached hydrogens (tertiary/aromatic N) is 2. The fourth-order valence-corrected chi connectivity index (χ4v) is 2.85. The summed E-state index contributed by atoms with van der Waals surface area (Å²) in [5.41, 5.74) is 0.592. The Bertz CT molecular complexity index is 840. The molecule has 3 aromatic heterocycles. The van der Waals surface area contributed by atoms with Gasteiger partial charge in [0.2, 0.25) is 0 Å². The molecule has 0 spiro atoms. The summed E-state index contributed by atoms with van der Waals surface area (Å²) < 4.78 is 0. The quantitative estimate of drug-likeness (QED) is 0.736. The number of pyridine rings is 1. The van der Waals surface area contributed by atoms with Crippen molar-refractivity contribution in [2.75, 3.05) is 0 Å². The number of carbonyl (C=O) groups excluding carboxylic acids is 1. The molecule has 3 aromatic rings. The average Bonchev–Trinajstić information content (AvgIpc) is 2.81. The molecule has 0 atom stereocenters. The molecule has 19 heavy (non-hydrogen) atoms. The summed E-state index contributed by atoms with van der Waals surface area (Å²) in [6, 6.07) is 3.14. The Balaban J connectivity index is 2.25. The summed E-state index contributed by atoms with van der Waals surface area (Å²) in [7, 11) is 0. The Morgan fingerprint density at radius 1 is 1.42 bits per heavy atom. The normalized spacial score (nSPS) is 10.8. The molecule has 0 amide bonds. The van der Waals surface area contributed by atoms with E-state index >= 15 is 0 Å². The van der Waals surface area contributed by atoms with Crippen molar-refractivity contribution in [3.8, 4) is 11.5 Å². The van der Waals surface area contributed by atoms with Crippen molar-refractivity contribution in [3.63, 3.8) is 0 Å². The van der Waals surface area contributed by atoms with Gasteiger partial charge >= 0.3 is 0 Å². The molecule has 0 saturated carbocycles.